The van der Waals surface area contributed by atoms with E-state index in [-0.39, 0.29) is 10.8 Å². The van der Waals surface area contributed by atoms with E-state index in [0.29, 0.717) is 22.7 Å². The van der Waals surface area contributed by atoms with Crippen molar-refractivity contribution >= 4 is 27.3 Å². The molecule has 0 aliphatic carbocycles. The van der Waals surface area contributed by atoms with Crippen molar-refractivity contribution in [2.45, 2.75) is 38.5 Å². The highest BCUT2D eigenvalue weighted by molar-refractivity contribution is 7.92. The Morgan fingerprint density at radius 1 is 1.00 bits per heavy atom. The van der Waals surface area contributed by atoms with Crippen LogP contribution in [0.3, 0.4) is 0 Å². The van der Waals surface area contributed by atoms with Gasteiger partial charge in [0, 0.05) is 50.6 Å². The largest absolute Gasteiger partial charge is 0.368 e. The van der Waals surface area contributed by atoms with Crippen LogP contribution in [0.1, 0.15) is 41.3 Å². The van der Waals surface area contributed by atoms with Crippen LogP contribution in [0.25, 0.3) is 0 Å². The topological polar surface area (TPSA) is 81.8 Å². The number of nitrogens with one attached hydrogen (secondary N) is 2. The summed E-state index contributed by atoms with van der Waals surface area (Å²) >= 11 is 0. The third-order valence-electron chi connectivity index (χ3n) is 6.64. The number of hydrogen-bond acceptors (Lipinski definition) is 5. The van der Waals surface area contributed by atoms with E-state index < -0.39 is 10.0 Å². The van der Waals surface area contributed by atoms with Gasteiger partial charge in [-0.3, -0.25) is 9.52 Å². The molecule has 1 amide bonds. The standard InChI is InChI=1S/C25H34N4O3S/c1-18-8-12-29(13-9-18)25(30)22-17-21(6-7-23(22)28-14-10-26-11-15-28)27-33(31,32)24-16-19(2)4-5-20(24)3/h4-7,16-18,26-27H,8-15H2,1-3H3. The van der Waals surface area contributed by atoms with Crippen LogP contribution in [0, 0.1) is 19.8 Å². The molecular formula is C25H34N4O3S. The van der Waals surface area contributed by atoms with E-state index in [2.05, 4.69) is 21.9 Å². The number of nitrogens with zero attached hydrogens (tertiary/aromatic N) is 2. The Labute approximate surface area is 197 Å². The number of hydrogen-bond donors (Lipinski definition) is 2. The minimum atomic E-state index is -3.78. The minimum Gasteiger partial charge on any atom is -0.368 e. The van der Waals surface area contributed by atoms with Gasteiger partial charge < -0.3 is 15.1 Å². The molecule has 0 aromatic heterocycles. The van der Waals surface area contributed by atoms with Crippen LogP contribution >= 0.6 is 0 Å². The van der Waals surface area contributed by atoms with Crippen LogP contribution in [-0.2, 0) is 10.0 Å². The van der Waals surface area contributed by atoms with Crippen LogP contribution in [0.5, 0.6) is 0 Å². The number of carbonyl (C=O) groups is 1. The van der Waals surface area contributed by atoms with E-state index in [9.17, 15) is 13.2 Å². The first-order valence-corrected chi connectivity index (χ1v) is 13.2. The van der Waals surface area contributed by atoms with E-state index in [1.54, 1.807) is 25.1 Å². The molecule has 2 aromatic rings. The molecule has 0 saturated carbocycles. The molecule has 0 bridgehead atoms. The van der Waals surface area contributed by atoms with Crippen LogP contribution in [0.2, 0.25) is 0 Å². The second-order valence-electron chi connectivity index (χ2n) is 9.32. The predicted octanol–water partition coefficient (Wildman–Crippen LogP) is 3.39. The van der Waals surface area contributed by atoms with Gasteiger partial charge in [0.05, 0.1) is 10.5 Å². The molecule has 2 heterocycles. The lowest BCUT2D eigenvalue weighted by molar-refractivity contribution is 0.0698. The van der Waals surface area contributed by atoms with Gasteiger partial charge in [-0.15, -0.1) is 0 Å². The summed E-state index contributed by atoms with van der Waals surface area (Å²) in [6.07, 6.45) is 1.99. The molecule has 178 valence electrons. The van der Waals surface area contributed by atoms with Gasteiger partial charge in [-0.25, -0.2) is 8.42 Å². The Hall–Kier alpha value is -2.58. The van der Waals surface area contributed by atoms with Crippen molar-refractivity contribution < 1.29 is 13.2 Å². The third kappa shape index (κ3) is 5.33. The van der Waals surface area contributed by atoms with Crippen molar-refractivity contribution in [3.05, 3.63) is 53.1 Å². The average Bonchev–Trinajstić information content (AvgIpc) is 2.81. The highest BCUT2D eigenvalue weighted by Crippen LogP contribution is 2.29. The molecule has 2 aliphatic rings. The summed E-state index contributed by atoms with van der Waals surface area (Å²) in [5, 5.41) is 3.34. The molecule has 2 fully saturated rings. The first-order valence-electron chi connectivity index (χ1n) is 11.7. The Balaban J connectivity index is 1.67. The lowest BCUT2D eigenvalue weighted by Gasteiger charge is -2.34. The second kappa shape index (κ2) is 9.73. The molecule has 0 spiro atoms. The first-order chi connectivity index (χ1) is 15.7. The van der Waals surface area contributed by atoms with Gasteiger partial charge in [0.2, 0.25) is 0 Å². The highest BCUT2D eigenvalue weighted by atomic mass is 32.2. The maximum atomic E-state index is 13.6. The Bertz CT molecular complexity index is 1120. The fourth-order valence-electron chi connectivity index (χ4n) is 4.54. The first kappa shape index (κ1) is 23.6. The number of carbonyl (C=O) groups excluding carboxylic acids is 1. The molecule has 8 heteroatoms. The van der Waals surface area contributed by atoms with E-state index in [4.69, 9.17) is 0 Å². The summed E-state index contributed by atoms with van der Waals surface area (Å²) in [5.41, 5.74) is 3.40. The van der Waals surface area contributed by atoms with Crippen molar-refractivity contribution in [2.24, 2.45) is 5.92 Å². The fourth-order valence-corrected chi connectivity index (χ4v) is 5.92. The van der Waals surface area contributed by atoms with E-state index >= 15 is 0 Å². The zero-order valence-electron chi connectivity index (χ0n) is 19.7. The average molecular weight is 471 g/mol. The van der Waals surface area contributed by atoms with E-state index in [0.717, 1.165) is 63.4 Å². The summed E-state index contributed by atoms with van der Waals surface area (Å²) in [5.74, 6) is 0.598. The number of anilines is 2. The van der Waals surface area contributed by atoms with Crippen LogP contribution in [0.4, 0.5) is 11.4 Å². The van der Waals surface area contributed by atoms with E-state index in [1.807, 2.05) is 30.0 Å². The van der Waals surface area contributed by atoms with Gasteiger partial charge in [-0.2, -0.15) is 0 Å². The molecular weight excluding hydrogens is 436 g/mol. The molecule has 2 aromatic carbocycles. The van der Waals surface area contributed by atoms with Gasteiger partial charge in [-0.05, 0) is 68.0 Å². The lowest BCUT2D eigenvalue weighted by atomic mass is 9.98. The van der Waals surface area contributed by atoms with Crippen molar-refractivity contribution in [3.8, 4) is 0 Å². The molecule has 4 rings (SSSR count). The molecule has 7 nitrogen and oxygen atoms in total. The number of amides is 1. The normalized spacial score (nSPS) is 17.8. The van der Waals surface area contributed by atoms with Crippen LogP contribution < -0.4 is 14.9 Å². The zero-order valence-corrected chi connectivity index (χ0v) is 20.5. The quantitative estimate of drug-likeness (QED) is 0.700. The Morgan fingerprint density at radius 3 is 2.39 bits per heavy atom. The Morgan fingerprint density at radius 2 is 1.70 bits per heavy atom. The zero-order chi connectivity index (χ0) is 23.6. The number of piperidine rings is 1. The summed E-state index contributed by atoms with van der Waals surface area (Å²) in [6, 6.07) is 10.7. The van der Waals surface area contributed by atoms with Crippen LogP contribution in [0.15, 0.2) is 41.3 Å². The second-order valence-corrected chi connectivity index (χ2v) is 11.0. The summed E-state index contributed by atoms with van der Waals surface area (Å²) in [4.78, 5) is 17.9. The van der Waals surface area contributed by atoms with Gasteiger partial charge in [0.15, 0.2) is 0 Å². The number of likely N-dealkylation sites (tertiary alicyclic amines) is 1. The number of benzene rings is 2. The molecule has 0 radical (unpaired) electrons. The van der Waals surface area contributed by atoms with Crippen molar-refractivity contribution in [1.29, 1.82) is 0 Å². The minimum absolute atomic E-state index is 0.0248. The fraction of sp³-hybridized carbons (Fsp3) is 0.480. The van der Waals surface area contributed by atoms with Crippen molar-refractivity contribution in [1.82, 2.24) is 10.2 Å². The number of sulfonamides is 1. The summed E-state index contributed by atoms with van der Waals surface area (Å²) in [7, 11) is -3.78. The number of aryl methyl sites for hydroxylation is 2. The lowest BCUT2D eigenvalue weighted by Crippen LogP contribution is -2.45. The molecule has 0 unspecified atom stereocenters. The summed E-state index contributed by atoms with van der Waals surface area (Å²) in [6.45, 7) is 10.7. The maximum absolute atomic E-state index is 13.6. The Kier molecular flexibility index (Phi) is 6.95. The van der Waals surface area contributed by atoms with Gasteiger partial charge in [0.1, 0.15) is 0 Å². The molecule has 2 N–H and O–H groups in total. The smallest absolute Gasteiger partial charge is 0.262 e. The highest BCUT2D eigenvalue weighted by Gasteiger charge is 2.27. The van der Waals surface area contributed by atoms with Gasteiger partial charge in [-0.1, -0.05) is 19.1 Å². The maximum Gasteiger partial charge on any atom is 0.262 e. The van der Waals surface area contributed by atoms with Crippen LogP contribution in [-0.4, -0.2) is 58.5 Å². The van der Waals surface area contributed by atoms with Crippen molar-refractivity contribution in [3.63, 3.8) is 0 Å². The van der Waals surface area contributed by atoms with E-state index in [1.165, 1.54) is 0 Å². The number of piperazine rings is 1. The van der Waals surface area contributed by atoms with Gasteiger partial charge >= 0.3 is 0 Å². The molecule has 2 saturated heterocycles. The molecule has 2 aliphatic heterocycles. The van der Waals surface area contributed by atoms with Gasteiger partial charge in [0.25, 0.3) is 15.9 Å². The third-order valence-corrected chi connectivity index (χ3v) is 8.16. The summed E-state index contributed by atoms with van der Waals surface area (Å²) < 4.78 is 29.0. The molecule has 0 atom stereocenters. The predicted molar refractivity (Wildman–Crippen MR) is 133 cm³/mol. The monoisotopic (exact) mass is 470 g/mol. The SMILES string of the molecule is Cc1ccc(C)c(S(=O)(=O)Nc2ccc(N3CCNCC3)c(C(=O)N3CCC(C)CC3)c2)c1. The number of rotatable bonds is 5. The van der Waals surface area contributed by atoms with Crippen molar-refractivity contribution in [2.75, 3.05) is 48.9 Å². The molecule has 33 heavy (non-hydrogen) atoms.